The summed E-state index contributed by atoms with van der Waals surface area (Å²) in [6, 6.07) is 11.8. The smallest absolute Gasteiger partial charge is 0.242 e. The highest BCUT2D eigenvalue weighted by Gasteiger charge is 2.17. The number of hydrogen-bond donors (Lipinski definition) is 1. The number of sulfonamides is 1. The minimum absolute atomic E-state index is 0.0512. The zero-order valence-corrected chi connectivity index (χ0v) is 14.3. The van der Waals surface area contributed by atoms with Gasteiger partial charge in [0.2, 0.25) is 10.0 Å². The summed E-state index contributed by atoms with van der Waals surface area (Å²) < 4.78 is 32.8. The fourth-order valence-electron chi connectivity index (χ4n) is 1.73. The van der Waals surface area contributed by atoms with Gasteiger partial charge in [0, 0.05) is 11.0 Å². The molecule has 0 aliphatic carbocycles. The first-order valence-corrected chi connectivity index (χ1v) is 8.65. The van der Waals surface area contributed by atoms with Gasteiger partial charge in [0.15, 0.2) is 0 Å². The number of ether oxygens (including phenoxy) is 1. The molecule has 0 radical (unpaired) electrons. The lowest BCUT2D eigenvalue weighted by atomic mass is 10.2. The third-order valence-electron chi connectivity index (χ3n) is 2.78. The zero-order valence-electron chi connectivity index (χ0n) is 11.1. The van der Waals surface area contributed by atoms with E-state index in [9.17, 15) is 8.42 Å². The molecule has 0 aliphatic rings. The first kappa shape index (κ1) is 16.3. The molecule has 0 amide bonds. The van der Waals surface area contributed by atoms with Crippen molar-refractivity contribution in [2.24, 2.45) is 0 Å². The summed E-state index contributed by atoms with van der Waals surface area (Å²) in [4.78, 5) is 0.0512. The van der Waals surface area contributed by atoms with E-state index in [1.165, 1.54) is 6.07 Å². The molecule has 0 aromatic heterocycles. The topological polar surface area (TPSA) is 55.4 Å². The Morgan fingerprint density at radius 1 is 1.24 bits per heavy atom. The number of benzene rings is 2. The van der Waals surface area contributed by atoms with Crippen LogP contribution < -0.4 is 9.46 Å². The minimum atomic E-state index is -3.67. The Balaban J connectivity index is 2.17. The number of hydrogen-bond acceptors (Lipinski definition) is 3. The monoisotopic (exact) mass is 389 g/mol. The molecule has 0 saturated heterocycles. The Labute approximate surface area is 137 Å². The second-order valence-corrected chi connectivity index (χ2v) is 7.31. The number of methoxy groups -OCH3 is 1. The second kappa shape index (κ2) is 6.79. The fourth-order valence-corrected chi connectivity index (χ4v) is 3.78. The van der Waals surface area contributed by atoms with Gasteiger partial charge in [0.25, 0.3) is 0 Å². The van der Waals surface area contributed by atoms with Crippen molar-refractivity contribution in [2.45, 2.75) is 11.4 Å². The average Bonchev–Trinajstić information content (AvgIpc) is 2.45. The van der Waals surface area contributed by atoms with Gasteiger partial charge < -0.3 is 4.74 Å². The molecular formula is C14H13BrClNO3S. The third-order valence-corrected chi connectivity index (χ3v) is 5.16. The van der Waals surface area contributed by atoms with Crippen LogP contribution in [0.25, 0.3) is 0 Å². The van der Waals surface area contributed by atoms with Crippen molar-refractivity contribution in [2.75, 3.05) is 7.11 Å². The minimum Gasteiger partial charge on any atom is -0.497 e. The Hall–Kier alpha value is -1.08. The molecule has 0 atom stereocenters. The van der Waals surface area contributed by atoms with Crippen LogP contribution in [-0.2, 0) is 16.6 Å². The van der Waals surface area contributed by atoms with Gasteiger partial charge in [-0.3, -0.25) is 0 Å². The van der Waals surface area contributed by atoms with Crippen LogP contribution in [0.4, 0.5) is 0 Å². The SMILES string of the molecule is COc1cccc(CNS(=O)(=O)c2ccc(Br)cc2Cl)c1. The van der Waals surface area contributed by atoms with E-state index in [0.29, 0.717) is 5.75 Å². The molecule has 0 bridgehead atoms. The molecule has 2 aromatic carbocycles. The maximum atomic E-state index is 12.2. The normalized spacial score (nSPS) is 11.4. The predicted octanol–water partition coefficient (Wildman–Crippen LogP) is 3.59. The van der Waals surface area contributed by atoms with Gasteiger partial charge >= 0.3 is 0 Å². The standard InChI is InChI=1S/C14H13BrClNO3S/c1-20-12-4-2-3-10(7-12)9-17-21(18,19)14-6-5-11(15)8-13(14)16/h2-8,17H,9H2,1H3. The maximum Gasteiger partial charge on any atom is 0.242 e. The summed E-state index contributed by atoms with van der Waals surface area (Å²) in [6.07, 6.45) is 0. The average molecular weight is 391 g/mol. The number of rotatable bonds is 5. The Bertz CT molecular complexity index is 750. The van der Waals surface area contributed by atoms with Crippen LogP contribution in [0.2, 0.25) is 5.02 Å². The van der Waals surface area contributed by atoms with E-state index in [4.69, 9.17) is 16.3 Å². The largest absolute Gasteiger partial charge is 0.497 e. The lowest BCUT2D eigenvalue weighted by molar-refractivity contribution is 0.414. The third kappa shape index (κ3) is 4.20. The Morgan fingerprint density at radius 3 is 2.67 bits per heavy atom. The van der Waals surface area contributed by atoms with Gasteiger partial charge in [-0.1, -0.05) is 39.7 Å². The van der Waals surface area contributed by atoms with Crippen molar-refractivity contribution in [3.63, 3.8) is 0 Å². The van der Waals surface area contributed by atoms with Crippen LogP contribution in [-0.4, -0.2) is 15.5 Å². The molecule has 0 fully saturated rings. The van der Waals surface area contributed by atoms with Crippen LogP contribution >= 0.6 is 27.5 Å². The summed E-state index contributed by atoms with van der Waals surface area (Å²) in [5, 5.41) is 0.169. The molecule has 7 heteroatoms. The molecule has 0 heterocycles. The van der Waals surface area contributed by atoms with Crippen molar-refractivity contribution in [1.82, 2.24) is 4.72 Å². The highest BCUT2D eigenvalue weighted by Crippen LogP contribution is 2.25. The van der Waals surface area contributed by atoms with E-state index in [0.717, 1.165) is 10.0 Å². The van der Waals surface area contributed by atoms with E-state index in [2.05, 4.69) is 20.7 Å². The van der Waals surface area contributed by atoms with Gasteiger partial charge in [0.05, 0.1) is 12.1 Å². The lowest BCUT2D eigenvalue weighted by Crippen LogP contribution is -2.23. The van der Waals surface area contributed by atoms with Crippen LogP contribution in [0, 0.1) is 0 Å². The quantitative estimate of drug-likeness (QED) is 0.849. The van der Waals surface area contributed by atoms with Gasteiger partial charge in [-0.05, 0) is 35.9 Å². The molecule has 2 rings (SSSR count). The first-order valence-electron chi connectivity index (χ1n) is 6.00. The zero-order chi connectivity index (χ0) is 15.5. The fraction of sp³-hybridized carbons (Fsp3) is 0.143. The van der Waals surface area contributed by atoms with Crippen LogP contribution in [0.1, 0.15) is 5.56 Å². The van der Waals surface area contributed by atoms with E-state index < -0.39 is 10.0 Å². The maximum absolute atomic E-state index is 12.2. The highest BCUT2D eigenvalue weighted by atomic mass is 79.9. The summed E-state index contributed by atoms with van der Waals surface area (Å²) in [6.45, 7) is 0.159. The molecule has 112 valence electrons. The van der Waals surface area contributed by atoms with E-state index in [1.807, 2.05) is 6.07 Å². The van der Waals surface area contributed by atoms with Gasteiger partial charge in [-0.15, -0.1) is 0 Å². The molecule has 4 nitrogen and oxygen atoms in total. The molecule has 0 saturated carbocycles. The summed E-state index contributed by atoms with van der Waals surface area (Å²) in [5.74, 6) is 0.674. The lowest BCUT2D eigenvalue weighted by Gasteiger charge is -2.09. The van der Waals surface area contributed by atoms with Crippen molar-refractivity contribution in [3.05, 3.63) is 57.5 Å². The second-order valence-electron chi connectivity index (χ2n) is 4.25. The van der Waals surface area contributed by atoms with Crippen molar-refractivity contribution in [3.8, 4) is 5.75 Å². The van der Waals surface area contributed by atoms with Gasteiger partial charge in [-0.2, -0.15) is 0 Å². The Morgan fingerprint density at radius 2 is 2.00 bits per heavy atom. The summed E-state index contributed by atoms with van der Waals surface area (Å²) >= 11 is 9.22. The van der Waals surface area contributed by atoms with Crippen LogP contribution in [0.5, 0.6) is 5.75 Å². The van der Waals surface area contributed by atoms with Crippen molar-refractivity contribution in [1.29, 1.82) is 0 Å². The van der Waals surface area contributed by atoms with E-state index >= 15 is 0 Å². The van der Waals surface area contributed by atoms with Gasteiger partial charge in [-0.25, -0.2) is 13.1 Å². The number of nitrogens with one attached hydrogen (secondary N) is 1. The molecule has 0 aliphatic heterocycles. The molecule has 21 heavy (non-hydrogen) atoms. The van der Waals surface area contributed by atoms with E-state index in [1.54, 1.807) is 37.4 Å². The first-order chi connectivity index (χ1) is 9.92. The Kier molecular flexibility index (Phi) is 5.27. The molecule has 0 spiro atoms. The highest BCUT2D eigenvalue weighted by molar-refractivity contribution is 9.10. The molecule has 2 aromatic rings. The predicted molar refractivity (Wildman–Crippen MR) is 86.2 cm³/mol. The van der Waals surface area contributed by atoms with Crippen LogP contribution in [0.3, 0.4) is 0 Å². The van der Waals surface area contributed by atoms with Crippen LogP contribution in [0.15, 0.2) is 51.8 Å². The van der Waals surface area contributed by atoms with Crippen molar-refractivity contribution >= 4 is 37.6 Å². The van der Waals surface area contributed by atoms with Crippen molar-refractivity contribution < 1.29 is 13.2 Å². The molecule has 0 unspecified atom stereocenters. The van der Waals surface area contributed by atoms with Gasteiger partial charge in [0.1, 0.15) is 10.6 Å². The molecular weight excluding hydrogens is 378 g/mol. The number of halogens is 2. The summed E-state index contributed by atoms with van der Waals surface area (Å²) in [5.41, 5.74) is 0.797. The molecule has 1 N–H and O–H groups in total. The summed E-state index contributed by atoms with van der Waals surface area (Å²) in [7, 11) is -2.11. The van der Waals surface area contributed by atoms with E-state index in [-0.39, 0.29) is 16.5 Å².